The highest BCUT2D eigenvalue weighted by molar-refractivity contribution is 7.98. The second-order valence-corrected chi connectivity index (χ2v) is 8.99. The number of sulfonamides is 1. The molecular weight excluding hydrogens is 370 g/mol. The summed E-state index contributed by atoms with van der Waals surface area (Å²) in [4.78, 5) is 0.270. The monoisotopic (exact) mass is 389 g/mol. The fourth-order valence-electron chi connectivity index (χ4n) is 2.34. The van der Waals surface area contributed by atoms with Crippen molar-refractivity contribution >= 4 is 21.8 Å². The first-order valence-corrected chi connectivity index (χ1v) is 10.3. The van der Waals surface area contributed by atoms with Crippen LogP contribution in [0.25, 0.3) is 11.5 Å². The largest absolute Gasteiger partial charge is 0.411 e. The van der Waals surface area contributed by atoms with Gasteiger partial charge in [-0.25, -0.2) is 12.7 Å². The molecule has 0 bridgehead atoms. The number of rotatable bonds is 6. The normalized spacial score (nSPS) is 11.8. The Hall–Kier alpha value is -2.16. The van der Waals surface area contributed by atoms with Crippen LogP contribution in [0.15, 0.2) is 63.1 Å². The van der Waals surface area contributed by atoms with Gasteiger partial charge >= 0.3 is 0 Å². The van der Waals surface area contributed by atoms with E-state index in [2.05, 4.69) is 10.2 Å². The van der Waals surface area contributed by atoms with Crippen molar-refractivity contribution in [3.63, 3.8) is 0 Å². The van der Waals surface area contributed by atoms with E-state index in [1.165, 1.54) is 30.2 Å². The van der Waals surface area contributed by atoms with Gasteiger partial charge in [0.2, 0.25) is 15.9 Å². The molecule has 0 aliphatic heterocycles. The van der Waals surface area contributed by atoms with Crippen LogP contribution in [0.4, 0.5) is 0 Å². The minimum absolute atomic E-state index is 0.270. The molecule has 8 heteroatoms. The number of aryl methyl sites for hydroxylation is 1. The van der Waals surface area contributed by atoms with Gasteiger partial charge in [0.25, 0.3) is 5.22 Å². The second-order valence-electron chi connectivity index (χ2n) is 5.91. The highest BCUT2D eigenvalue weighted by Crippen LogP contribution is 2.28. The van der Waals surface area contributed by atoms with E-state index in [0.717, 1.165) is 16.7 Å². The first kappa shape index (κ1) is 18.6. The van der Waals surface area contributed by atoms with Gasteiger partial charge in [0.15, 0.2) is 0 Å². The summed E-state index contributed by atoms with van der Waals surface area (Å²) in [5.41, 5.74) is 2.84. The first-order chi connectivity index (χ1) is 12.4. The van der Waals surface area contributed by atoms with Crippen molar-refractivity contribution in [2.45, 2.75) is 22.8 Å². The molecule has 1 heterocycles. The predicted molar refractivity (Wildman–Crippen MR) is 101 cm³/mol. The fraction of sp³-hybridized carbons (Fsp3) is 0.222. The molecule has 0 atom stereocenters. The van der Waals surface area contributed by atoms with Crippen LogP contribution in [0, 0.1) is 6.92 Å². The maximum absolute atomic E-state index is 12.2. The van der Waals surface area contributed by atoms with E-state index in [4.69, 9.17) is 4.42 Å². The summed E-state index contributed by atoms with van der Waals surface area (Å²) in [6, 6.07) is 14.7. The van der Waals surface area contributed by atoms with Crippen molar-refractivity contribution in [3.05, 3.63) is 59.7 Å². The third kappa shape index (κ3) is 3.98. The maximum atomic E-state index is 12.2. The van der Waals surface area contributed by atoms with Gasteiger partial charge in [-0.15, -0.1) is 10.2 Å². The average molecular weight is 390 g/mol. The average Bonchev–Trinajstić information content (AvgIpc) is 3.09. The van der Waals surface area contributed by atoms with E-state index in [9.17, 15) is 8.42 Å². The van der Waals surface area contributed by atoms with Crippen molar-refractivity contribution < 1.29 is 12.8 Å². The standard InChI is InChI=1S/C18H19N3O3S2/c1-13-7-4-5-10-16(13)17-19-20-18(24-17)25-12-14-8-6-9-15(11-14)26(22,23)21(2)3/h4-11H,12H2,1-3H3. The summed E-state index contributed by atoms with van der Waals surface area (Å²) in [7, 11) is -0.414. The molecule has 0 amide bonds. The van der Waals surface area contributed by atoms with E-state index in [-0.39, 0.29) is 4.90 Å². The maximum Gasteiger partial charge on any atom is 0.277 e. The number of hydrogen-bond donors (Lipinski definition) is 0. The molecule has 0 N–H and O–H groups in total. The van der Waals surface area contributed by atoms with Crippen LogP contribution in [0.2, 0.25) is 0 Å². The van der Waals surface area contributed by atoms with Gasteiger partial charge in [-0.05, 0) is 36.2 Å². The molecule has 0 radical (unpaired) electrons. The Bertz CT molecular complexity index is 1010. The van der Waals surface area contributed by atoms with Gasteiger partial charge in [-0.3, -0.25) is 0 Å². The number of nitrogens with zero attached hydrogens (tertiary/aromatic N) is 3. The zero-order chi connectivity index (χ0) is 18.7. The molecule has 0 spiro atoms. The van der Waals surface area contributed by atoms with Crippen molar-refractivity contribution in [1.82, 2.24) is 14.5 Å². The third-order valence-corrected chi connectivity index (χ3v) is 6.52. The van der Waals surface area contributed by atoms with Crippen LogP contribution in [0.5, 0.6) is 0 Å². The summed E-state index contributed by atoms with van der Waals surface area (Å²) in [6.45, 7) is 1.99. The van der Waals surface area contributed by atoms with Crippen LogP contribution in [-0.2, 0) is 15.8 Å². The molecule has 0 saturated carbocycles. The fourth-order valence-corrected chi connectivity index (χ4v) is 4.02. The number of thioether (sulfide) groups is 1. The minimum Gasteiger partial charge on any atom is -0.411 e. The summed E-state index contributed by atoms with van der Waals surface area (Å²) in [5, 5.41) is 8.62. The van der Waals surface area contributed by atoms with Gasteiger partial charge in [-0.2, -0.15) is 0 Å². The lowest BCUT2D eigenvalue weighted by molar-refractivity contribution is 0.465. The van der Waals surface area contributed by atoms with Gasteiger partial charge in [0.1, 0.15) is 0 Å². The van der Waals surface area contributed by atoms with Gasteiger partial charge in [-0.1, -0.05) is 42.1 Å². The highest BCUT2D eigenvalue weighted by atomic mass is 32.2. The topological polar surface area (TPSA) is 76.3 Å². The van der Waals surface area contributed by atoms with E-state index < -0.39 is 10.0 Å². The molecule has 3 aromatic rings. The summed E-state index contributed by atoms with van der Waals surface area (Å²) >= 11 is 1.37. The minimum atomic E-state index is -3.45. The van der Waals surface area contributed by atoms with E-state index >= 15 is 0 Å². The lowest BCUT2D eigenvalue weighted by atomic mass is 10.1. The van der Waals surface area contributed by atoms with Crippen molar-refractivity contribution in [2.24, 2.45) is 0 Å². The summed E-state index contributed by atoms with van der Waals surface area (Å²) < 4.78 is 31.4. The van der Waals surface area contributed by atoms with E-state index in [0.29, 0.717) is 16.9 Å². The zero-order valence-electron chi connectivity index (χ0n) is 14.7. The summed E-state index contributed by atoms with van der Waals surface area (Å²) in [6.07, 6.45) is 0. The Morgan fingerprint density at radius 3 is 2.58 bits per heavy atom. The predicted octanol–water partition coefficient (Wildman–Crippen LogP) is 3.59. The quantitative estimate of drug-likeness (QED) is 0.600. The van der Waals surface area contributed by atoms with Gasteiger partial charge in [0.05, 0.1) is 4.90 Å². The molecule has 1 aromatic heterocycles. The Labute approximate surface area is 157 Å². The molecule has 0 saturated heterocycles. The molecule has 136 valence electrons. The molecule has 2 aromatic carbocycles. The third-order valence-electron chi connectivity index (χ3n) is 3.82. The molecule has 6 nitrogen and oxygen atoms in total. The Kier molecular flexibility index (Phi) is 5.45. The molecule has 3 rings (SSSR count). The number of benzene rings is 2. The molecule has 26 heavy (non-hydrogen) atoms. The summed E-state index contributed by atoms with van der Waals surface area (Å²) in [5.74, 6) is 1.01. The molecule has 0 aliphatic rings. The molecule has 0 unspecified atom stereocenters. The van der Waals surface area contributed by atoms with E-state index in [1.807, 2.05) is 37.3 Å². The Balaban J connectivity index is 1.74. The van der Waals surface area contributed by atoms with Crippen LogP contribution < -0.4 is 0 Å². The molecule has 0 fully saturated rings. The van der Waals surface area contributed by atoms with Crippen LogP contribution in [0.3, 0.4) is 0 Å². The smallest absolute Gasteiger partial charge is 0.277 e. The van der Waals surface area contributed by atoms with E-state index in [1.54, 1.807) is 18.2 Å². The number of hydrogen-bond acceptors (Lipinski definition) is 6. The lowest BCUT2D eigenvalue weighted by Gasteiger charge is -2.11. The highest BCUT2D eigenvalue weighted by Gasteiger charge is 2.17. The zero-order valence-corrected chi connectivity index (χ0v) is 16.3. The van der Waals surface area contributed by atoms with Crippen LogP contribution in [0.1, 0.15) is 11.1 Å². The first-order valence-electron chi connectivity index (χ1n) is 7.91. The Morgan fingerprint density at radius 2 is 1.85 bits per heavy atom. The molecular formula is C18H19N3O3S2. The number of aromatic nitrogens is 2. The molecule has 0 aliphatic carbocycles. The second kappa shape index (κ2) is 7.61. The van der Waals surface area contributed by atoms with Crippen molar-refractivity contribution in [2.75, 3.05) is 14.1 Å². The van der Waals surface area contributed by atoms with Gasteiger partial charge in [0, 0.05) is 25.4 Å². The van der Waals surface area contributed by atoms with Crippen LogP contribution >= 0.6 is 11.8 Å². The lowest BCUT2D eigenvalue weighted by Crippen LogP contribution is -2.22. The van der Waals surface area contributed by atoms with Crippen LogP contribution in [-0.4, -0.2) is 37.0 Å². The Morgan fingerprint density at radius 1 is 1.08 bits per heavy atom. The van der Waals surface area contributed by atoms with Gasteiger partial charge < -0.3 is 4.42 Å². The van der Waals surface area contributed by atoms with Crippen molar-refractivity contribution in [3.8, 4) is 11.5 Å². The SMILES string of the molecule is Cc1ccccc1-c1nnc(SCc2cccc(S(=O)(=O)N(C)C)c2)o1. The van der Waals surface area contributed by atoms with Crippen molar-refractivity contribution in [1.29, 1.82) is 0 Å².